The first-order valence-corrected chi connectivity index (χ1v) is 8.81. The Kier molecular flexibility index (Phi) is 6.91. The van der Waals surface area contributed by atoms with Gasteiger partial charge in [-0.3, -0.25) is 0 Å². The predicted molar refractivity (Wildman–Crippen MR) is 91.1 cm³/mol. The van der Waals surface area contributed by atoms with Crippen molar-refractivity contribution in [2.45, 2.75) is 71.3 Å². The van der Waals surface area contributed by atoms with Crippen LogP contribution in [0.15, 0.2) is 24.3 Å². The van der Waals surface area contributed by atoms with Gasteiger partial charge < -0.3 is 10.1 Å². The Labute approximate surface area is 130 Å². The zero-order valence-corrected chi connectivity index (χ0v) is 13.7. The largest absolute Gasteiger partial charge is 0.491 e. The van der Waals surface area contributed by atoms with Crippen LogP contribution in [0.1, 0.15) is 65.2 Å². The van der Waals surface area contributed by atoms with Crippen molar-refractivity contribution in [3.05, 3.63) is 24.3 Å². The first kappa shape index (κ1) is 16.2. The highest BCUT2D eigenvalue weighted by atomic mass is 16.5. The number of hydrogen-bond donors (Lipinski definition) is 1. The topological polar surface area (TPSA) is 21.3 Å². The van der Waals surface area contributed by atoms with Crippen LogP contribution in [0.3, 0.4) is 0 Å². The van der Waals surface area contributed by atoms with Crippen LogP contribution in [0.25, 0.3) is 0 Å². The average Bonchev–Trinajstić information content (AvgIpc) is 2.72. The van der Waals surface area contributed by atoms with Crippen LogP contribution in [-0.4, -0.2) is 12.6 Å². The molecule has 0 aromatic heterocycles. The lowest BCUT2D eigenvalue weighted by Gasteiger charge is -2.20. The normalized spacial score (nSPS) is 22.6. The number of rotatable bonds is 7. The molecule has 2 heteroatoms. The summed E-state index contributed by atoms with van der Waals surface area (Å²) in [5, 5.41) is 3.74. The van der Waals surface area contributed by atoms with Crippen LogP contribution >= 0.6 is 0 Å². The van der Waals surface area contributed by atoms with Crippen LogP contribution in [0, 0.1) is 5.92 Å². The fraction of sp³-hybridized carbons (Fsp3) is 0.684. The summed E-state index contributed by atoms with van der Waals surface area (Å²) in [6, 6.07) is 8.99. The molecule has 2 unspecified atom stereocenters. The zero-order chi connectivity index (χ0) is 14.9. The highest BCUT2D eigenvalue weighted by Crippen LogP contribution is 2.31. The zero-order valence-electron chi connectivity index (χ0n) is 13.7. The van der Waals surface area contributed by atoms with Gasteiger partial charge in [-0.05, 0) is 43.7 Å². The summed E-state index contributed by atoms with van der Waals surface area (Å²) >= 11 is 0. The van der Waals surface area contributed by atoms with Crippen LogP contribution < -0.4 is 10.1 Å². The Balaban J connectivity index is 1.92. The summed E-state index contributed by atoms with van der Waals surface area (Å²) in [5.41, 5.74) is 1.17. The van der Waals surface area contributed by atoms with Gasteiger partial charge in [0, 0.05) is 6.04 Å². The molecule has 0 aliphatic heterocycles. The van der Waals surface area contributed by atoms with Crippen molar-refractivity contribution in [2.24, 2.45) is 5.92 Å². The van der Waals surface area contributed by atoms with Crippen molar-refractivity contribution >= 4 is 5.69 Å². The molecule has 2 nitrogen and oxygen atoms in total. The van der Waals surface area contributed by atoms with E-state index in [1.54, 1.807) is 0 Å². The monoisotopic (exact) mass is 289 g/mol. The van der Waals surface area contributed by atoms with E-state index in [0.717, 1.165) is 24.7 Å². The van der Waals surface area contributed by atoms with E-state index in [9.17, 15) is 0 Å². The van der Waals surface area contributed by atoms with Crippen molar-refractivity contribution < 1.29 is 4.74 Å². The second-order valence-electron chi connectivity index (χ2n) is 6.35. The maximum Gasteiger partial charge on any atom is 0.142 e. The van der Waals surface area contributed by atoms with Gasteiger partial charge in [0.15, 0.2) is 0 Å². The molecule has 0 radical (unpaired) electrons. The molecule has 2 atom stereocenters. The quantitative estimate of drug-likeness (QED) is 0.656. The summed E-state index contributed by atoms with van der Waals surface area (Å²) in [6.45, 7) is 5.25. The molecule has 1 N–H and O–H groups in total. The average molecular weight is 289 g/mol. The molecule has 118 valence electrons. The number of nitrogens with one attached hydrogen (secondary N) is 1. The lowest BCUT2D eigenvalue weighted by Crippen LogP contribution is -2.19. The molecule has 1 aromatic carbocycles. The van der Waals surface area contributed by atoms with Crippen LogP contribution in [0.4, 0.5) is 5.69 Å². The van der Waals surface area contributed by atoms with E-state index in [4.69, 9.17) is 4.74 Å². The minimum Gasteiger partial charge on any atom is -0.491 e. The second-order valence-corrected chi connectivity index (χ2v) is 6.35. The van der Waals surface area contributed by atoms with E-state index >= 15 is 0 Å². The van der Waals surface area contributed by atoms with Crippen LogP contribution in [0.2, 0.25) is 0 Å². The molecule has 1 aliphatic rings. The molecule has 0 bridgehead atoms. The molecular formula is C19H31NO. The first-order chi connectivity index (χ1) is 10.3. The summed E-state index contributed by atoms with van der Waals surface area (Å²) in [7, 11) is 0. The SMILES string of the molecule is CCCOc1ccccc1NC1CCCC(CCC)CC1. The maximum atomic E-state index is 5.86. The Morgan fingerprint density at radius 2 is 1.90 bits per heavy atom. The van der Waals surface area contributed by atoms with Gasteiger partial charge in [0.1, 0.15) is 5.75 Å². The Hall–Kier alpha value is -1.18. The summed E-state index contributed by atoms with van der Waals surface area (Å²) in [4.78, 5) is 0. The standard InChI is InChI=1S/C19H31NO/c1-3-8-16-9-7-10-17(14-13-16)20-18-11-5-6-12-19(18)21-15-4-2/h5-6,11-12,16-17,20H,3-4,7-10,13-15H2,1-2H3. The lowest BCUT2D eigenvalue weighted by molar-refractivity contribution is 0.318. The van der Waals surface area contributed by atoms with Gasteiger partial charge in [0.05, 0.1) is 12.3 Å². The van der Waals surface area contributed by atoms with Crippen LogP contribution in [0.5, 0.6) is 5.75 Å². The molecule has 0 amide bonds. The van der Waals surface area contributed by atoms with Gasteiger partial charge in [0.25, 0.3) is 0 Å². The molecule has 1 aromatic rings. The van der Waals surface area contributed by atoms with Gasteiger partial charge in [-0.2, -0.15) is 0 Å². The Bertz CT molecular complexity index is 404. The van der Waals surface area contributed by atoms with Crippen molar-refractivity contribution in [2.75, 3.05) is 11.9 Å². The van der Waals surface area contributed by atoms with E-state index in [1.165, 1.54) is 50.6 Å². The molecular weight excluding hydrogens is 258 g/mol. The smallest absolute Gasteiger partial charge is 0.142 e. The number of anilines is 1. The van der Waals surface area contributed by atoms with E-state index in [0.29, 0.717) is 6.04 Å². The molecule has 1 aliphatic carbocycles. The fourth-order valence-electron chi connectivity index (χ4n) is 3.36. The van der Waals surface area contributed by atoms with Gasteiger partial charge in [-0.15, -0.1) is 0 Å². The molecule has 1 fully saturated rings. The van der Waals surface area contributed by atoms with Crippen molar-refractivity contribution in [1.29, 1.82) is 0 Å². The number of para-hydroxylation sites is 2. The van der Waals surface area contributed by atoms with E-state index in [2.05, 4.69) is 43.4 Å². The second kappa shape index (κ2) is 8.96. The fourth-order valence-corrected chi connectivity index (χ4v) is 3.36. The molecule has 0 heterocycles. The minimum absolute atomic E-state index is 0.609. The molecule has 21 heavy (non-hydrogen) atoms. The summed E-state index contributed by atoms with van der Waals surface area (Å²) in [6.07, 6.45) is 10.5. The van der Waals surface area contributed by atoms with Gasteiger partial charge in [-0.1, -0.05) is 51.7 Å². The summed E-state index contributed by atoms with van der Waals surface area (Å²) in [5.74, 6) is 1.96. The Morgan fingerprint density at radius 1 is 1.05 bits per heavy atom. The number of hydrogen-bond acceptors (Lipinski definition) is 2. The third-order valence-electron chi connectivity index (χ3n) is 4.49. The van der Waals surface area contributed by atoms with Gasteiger partial charge in [-0.25, -0.2) is 0 Å². The third kappa shape index (κ3) is 5.26. The first-order valence-electron chi connectivity index (χ1n) is 8.81. The van der Waals surface area contributed by atoms with E-state index in [1.807, 2.05) is 0 Å². The number of benzene rings is 1. The van der Waals surface area contributed by atoms with E-state index in [-0.39, 0.29) is 0 Å². The van der Waals surface area contributed by atoms with Crippen LogP contribution in [-0.2, 0) is 0 Å². The highest BCUT2D eigenvalue weighted by Gasteiger charge is 2.19. The summed E-state index contributed by atoms with van der Waals surface area (Å²) < 4.78 is 5.86. The molecule has 0 spiro atoms. The van der Waals surface area contributed by atoms with Crippen molar-refractivity contribution in [3.8, 4) is 5.75 Å². The Morgan fingerprint density at radius 3 is 2.71 bits per heavy atom. The minimum atomic E-state index is 0.609. The molecule has 2 rings (SSSR count). The molecule has 0 saturated heterocycles. The van der Waals surface area contributed by atoms with Gasteiger partial charge >= 0.3 is 0 Å². The predicted octanol–water partition coefficient (Wildman–Crippen LogP) is 5.64. The third-order valence-corrected chi connectivity index (χ3v) is 4.49. The van der Waals surface area contributed by atoms with Crippen molar-refractivity contribution in [1.82, 2.24) is 0 Å². The van der Waals surface area contributed by atoms with Crippen molar-refractivity contribution in [3.63, 3.8) is 0 Å². The lowest BCUT2D eigenvalue weighted by atomic mass is 9.95. The van der Waals surface area contributed by atoms with E-state index < -0.39 is 0 Å². The van der Waals surface area contributed by atoms with Gasteiger partial charge in [0.2, 0.25) is 0 Å². The molecule has 1 saturated carbocycles. The maximum absolute atomic E-state index is 5.86. The highest BCUT2D eigenvalue weighted by molar-refractivity contribution is 5.56. The number of ether oxygens (including phenoxy) is 1.